The molecule has 106 valence electrons. The van der Waals surface area contributed by atoms with Gasteiger partial charge in [-0.25, -0.2) is 4.98 Å². The third kappa shape index (κ3) is 2.89. The van der Waals surface area contributed by atoms with E-state index in [2.05, 4.69) is 15.6 Å². The molecule has 0 radical (unpaired) electrons. The Hall–Kier alpha value is -1.31. The molecule has 0 saturated carbocycles. The molecule has 1 aliphatic heterocycles. The molecule has 3 rings (SSSR count). The number of thioether (sulfide) groups is 1. The molecule has 0 aliphatic carbocycles. The second kappa shape index (κ2) is 5.99. The number of hydrogen-bond acceptors (Lipinski definition) is 6. The first-order chi connectivity index (χ1) is 9.76. The van der Waals surface area contributed by atoms with Gasteiger partial charge in [0, 0.05) is 11.6 Å². The minimum Gasteiger partial charge on any atom is -0.494 e. The number of nitrogens with zero attached hydrogens (tertiary/aromatic N) is 1. The number of hydrogen-bond donors (Lipinski definition) is 2. The first-order valence-electron chi connectivity index (χ1n) is 6.41. The number of anilines is 1. The van der Waals surface area contributed by atoms with Crippen molar-refractivity contribution in [2.75, 3.05) is 23.6 Å². The summed E-state index contributed by atoms with van der Waals surface area (Å²) < 4.78 is 6.48. The van der Waals surface area contributed by atoms with Crippen LogP contribution < -0.4 is 15.4 Å². The van der Waals surface area contributed by atoms with Crippen molar-refractivity contribution in [3.8, 4) is 5.75 Å². The van der Waals surface area contributed by atoms with Crippen molar-refractivity contribution in [2.24, 2.45) is 0 Å². The summed E-state index contributed by atoms with van der Waals surface area (Å²) in [6, 6.07) is 5.64. The quantitative estimate of drug-likeness (QED) is 0.907. The fourth-order valence-electron chi connectivity index (χ4n) is 1.97. The minimum absolute atomic E-state index is 0.0147. The van der Waals surface area contributed by atoms with E-state index in [-0.39, 0.29) is 11.9 Å². The highest BCUT2D eigenvalue weighted by Gasteiger charge is 2.23. The van der Waals surface area contributed by atoms with Crippen LogP contribution in [-0.2, 0) is 4.79 Å². The molecule has 1 aromatic carbocycles. The van der Waals surface area contributed by atoms with Crippen molar-refractivity contribution < 1.29 is 9.53 Å². The number of amides is 1. The third-order valence-electron chi connectivity index (χ3n) is 2.93. The molecule has 1 saturated heterocycles. The lowest BCUT2D eigenvalue weighted by atomic mass is 10.3. The summed E-state index contributed by atoms with van der Waals surface area (Å²) in [5.41, 5.74) is 0.877. The monoisotopic (exact) mass is 309 g/mol. The lowest BCUT2D eigenvalue weighted by Crippen LogP contribution is -2.37. The molecule has 20 heavy (non-hydrogen) atoms. The van der Waals surface area contributed by atoms with E-state index in [1.54, 1.807) is 11.8 Å². The van der Waals surface area contributed by atoms with Crippen molar-refractivity contribution >= 4 is 44.4 Å². The van der Waals surface area contributed by atoms with Crippen molar-refractivity contribution in [1.82, 2.24) is 10.3 Å². The van der Waals surface area contributed by atoms with Crippen molar-refractivity contribution in [2.45, 2.75) is 13.0 Å². The number of carbonyl (C=O) groups is 1. The van der Waals surface area contributed by atoms with Crippen LogP contribution >= 0.6 is 23.1 Å². The number of fused-ring (bicyclic) bond motifs is 1. The topological polar surface area (TPSA) is 63.2 Å². The van der Waals surface area contributed by atoms with Crippen LogP contribution in [0.4, 0.5) is 5.13 Å². The Morgan fingerprint density at radius 3 is 3.25 bits per heavy atom. The van der Waals surface area contributed by atoms with Gasteiger partial charge in [0.2, 0.25) is 5.91 Å². The Bertz CT molecular complexity index is 623. The summed E-state index contributed by atoms with van der Waals surface area (Å²) >= 11 is 3.19. The lowest BCUT2D eigenvalue weighted by Gasteiger charge is -2.07. The minimum atomic E-state index is -0.119. The van der Waals surface area contributed by atoms with E-state index in [0.717, 1.165) is 27.6 Å². The van der Waals surface area contributed by atoms with Crippen molar-refractivity contribution in [3.05, 3.63) is 18.2 Å². The molecule has 1 unspecified atom stereocenters. The zero-order valence-electron chi connectivity index (χ0n) is 11.0. The first kappa shape index (κ1) is 13.7. The van der Waals surface area contributed by atoms with E-state index in [9.17, 15) is 4.79 Å². The summed E-state index contributed by atoms with van der Waals surface area (Å²) in [4.78, 5) is 16.4. The maximum Gasteiger partial charge on any atom is 0.244 e. The summed E-state index contributed by atoms with van der Waals surface area (Å²) in [5, 5.41) is 6.66. The molecule has 1 atom stereocenters. The predicted molar refractivity (Wildman–Crippen MR) is 83.7 cm³/mol. The molecule has 2 aromatic rings. The summed E-state index contributed by atoms with van der Waals surface area (Å²) in [6.45, 7) is 2.59. The third-order valence-corrected chi connectivity index (χ3v) is 4.81. The highest BCUT2D eigenvalue weighted by atomic mass is 32.2. The largest absolute Gasteiger partial charge is 0.494 e. The van der Waals surface area contributed by atoms with Gasteiger partial charge in [0.25, 0.3) is 0 Å². The van der Waals surface area contributed by atoms with Gasteiger partial charge in [-0.1, -0.05) is 11.3 Å². The highest BCUT2D eigenvalue weighted by molar-refractivity contribution is 7.99. The van der Waals surface area contributed by atoms with Crippen molar-refractivity contribution in [1.29, 1.82) is 0 Å². The maximum atomic E-state index is 12.0. The second-order valence-corrected chi connectivity index (χ2v) is 6.40. The van der Waals surface area contributed by atoms with Gasteiger partial charge in [-0.3, -0.25) is 10.1 Å². The SMILES string of the molecule is CCOc1ccc2nc(NC(=O)C3CSCN3)sc2c1. The molecule has 2 N–H and O–H groups in total. The zero-order chi connectivity index (χ0) is 13.9. The van der Waals surface area contributed by atoms with Gasteiger partial charge in [0.1, 0.15) is 5.75 Å². The molecule has 1 aliphatic rings. The molecule has 7 heteroatoms. The number of nitrogens with one attached hydrogen (secondary N) is 2. The zero-order valence-corrected chi connectivity index (χ0v) is 12.6. The summed E-state index contributed by atoms with van der Waals surface area (Å²) in [5.74, 6) is 2.45. The maximum absolute atomic E-state index is 12.0. The highest BCUT2D eigenvalue weighted by Crippen LogP contribution is 2.29. The molecule has 5 nitrogen and oxygen atoms in total. The fourth-order valence-corrected chi connectivity index (χ4v) is 3.81. The fraction of sp³-hybridized carbons (Fsp3) is 0.385. The molecule has 1 aromatic heterocycles. The molecular weight excluding hydrogens is 294 g/mol. The van der Waals surface area contributed by atoms with E-state index in [0.29, 0.717) is 11.7 Å². The number of benzene rings is 1. The van der Waals surface area contributed by atoms with Gasteiger partial charge in [-0.15, -0.1) is 11.8 Å². The smallest absolute Gasteiger partial charge is 0.244 e. The molecule has 2 heterocycles. The average Bonchev–Trinajstić information content (AvgIpc) is 3.06. The average molecular weight is 309 g/mol. The number of carbonyl (C=O) groups excluding carboxylic acids is 1. The first-order valence-corrected chi connectivity index (χ1v) is 8.39. The van der Waals surface area contributed by atoms with Gasteiger partial charge in [-0.2, -0.15) is 0 Å². The standard InChI is InChI=1S/C13H15N3O2S2/c1-2-18-8-3-4-9-11(5-8)20-13(15-9)16-12(17)10-6-19-7-14-10/h3-5,10,14H,2,6-7H2,1H3,(H,15,16,17). The lowest BCUT2D eigenvalue weighted by molar-refractivity contribution is -0.117. The molecule has 1 fully saturated rings. The number of aromatic nitrogens is 1. The number of ether oxygens (including phenoxy) is 1. The summed E-state index contributed by atoms with van der Waals surface area (Å²) in [7, 11) is 0. The van der Waals surface area contributed by atoms with E-state index >= 15 is 0 Å². The Kier molecular flexibility index (Phi) is 4.09. The van der Waals surface area contributed by atoms with Crippen LogP contribution in [0.15, 0.2) is 18.2 Å². The second-order valence-electron chi connectivity index (χ2n) is 4.34. The Morgan fingerprint density at radius 2 is 2.50 bits per heavy atom. The van der Waals surface area contributed by atoms with Crippen LogP contribution in [0.5, 0.6) is 5.75 Å². The molecular formula is C13H15N3O2S2. The van der Waals surface area contributed by atoms with Crippen LogP contribution in [0.25, 0.3) is 10.2 Å². The molecule has 0 bridgehead atoms. The van der Waals surface area contributed by atoms with Gasteiger partial charge in [0.15, 0.2) is 5.13 Å². The Morgan fingerprint density at radius 1 is 1.60 bits per heavy atom. The predicted octanol–water partition coefficient (Wildman–Crippen LogP) is 2.30. The van der Waals surface area contributed by atoms with Crippen LogP contribution in [0.2, 0.25) is 0 Å². The van der Waals surface area contributed by atoms with Crippen LogP contribution in [0.1, 0.15) is 6.92 Å². The van der Waals surface area contributed by atoms with Crippen molar-refractivity contribution in [3.63, 3.8) is 0 Å². The van der Waals surface area contributed by atoms with Gasteiger partial charge in [-0.05, 0) is 25.1 Å². The number of thiazole rings is 1. The Balaban J connectivity index is 1.76. The van der Waals surface area contributed by atoms with E-state index in [4.69, 9.17) is 4.74 Å². The van der Waals surface area contributed by atoms with E-state index < -0.39 is 0 Å². The van der Waals surface area contributed by atoms with Crippen LogP contribution in [0.3, 0.4) is 0 Å². The Labute approximate surface area is 125 Å². The van der Waals surface area contributed by atoms with Crippen LogP contribution in [-0.4, -0.2) is 35.2 Å². The van der Waals surface area contributed by atoms with Gasteiger partial charge in [0.05, 0.1) is 22.9 Å². The van der Waals surface area contributed by atoms with E-state index in [1.165, 1.54) is 11.3 Å². The summed E-state index contributed by atoms with van der Waals surface area (Å²) in [6.07, 6.45) is 0. The van der Waals surface area contributed by atoms with Gasteiger partial charge < -0.3 is 10.1 Å². The molecule has 1 amide bonds. The molecule has 0 spiro atoms. The number of rotatable bonds is 4. The van der Waals surface area contributed by atoms with Gasteiger partial charge >= 0.3 is 0 Å². The van der Waals surface area contributed by atoms with Crippen LogP contribution in [0, 0.1) is 0 Å². The van der Waals surface area contributed by atoms with E-state index in [1.807, 2.05) is 25.1 Å². The normalized spacial score (nSPS) is 18.4.